The summed E-state index contributed by atoms with van der Waals surface area (Å²) in [5.74, 6) is 0.191. The highest BCUT2D eigenvalue weighted by atomic mass is 16.5. The first-order chi connectivity index (χ1) is 11.2. The fraction of sp³-hybridized carbons (Fsp3) is 0.529. The number of hydrogen-bond acceptors (Lipinski definition) is 4. The van der Waals surface area contributed by atoms with E-state index in [4.69, 9.17) is 5.21 Å². The number of anilines is 1. The lowest BCUT2D eigenvalue weighted by atomic mass is 9.92. The Labute approximate surface area is 136 Å². The van der Waals surface area contributed by atoms with E-state index >= 15 is 0 Å². The van der Waals surface area contributed by atoms with Gasteiger partial charge in [-0.05, 0) is 50.3 Å². The zero-order valence-corrected chi connectivity index (χ0v) is 13.3. The molecule has 6 nitrogen and oxygen atoms in total. The molecule has 23 heavy (non-hydrogen) atoms. The molecule has 1 aliphatic rings. The van der Waals surface area contributed by atoms with Crippen LogP contribution in [-0.2, 0) is 9.59 Å². The zero-order chi connectivity index (χ0) is 16.5. The van der Waals surface area contributed by atoms with Crippen LogP contribution < -0.4 is 10.8 Å². The second-order valence-corrected chi connectivity index (χ2v) is 6.08. The standard InChI is InChI=1S/C17H25N3O3/c21-16(19-23)10-4-6-14-7-5-11-20(12-14)13-17(22)18-15-8-2-1-3-9-15/h1-3,8-9,14,23H,4-7,10-13H2,(H,18,22)(H,19,21). The molecule has 1 atom stereocenters. The quantitative estimate of drug-likeness (QED) is 0.530. The van der Waals surface area contributed by atoms with Gasteiger partial charge in [0.1, 0.15) is 0 Å². The Morgan fingerprint density at radius 3 is 2.74 bits per heavy atom. The monoisotopic (exact) mass is 319 g/mol. The molecule has 0 saturated carbocycles. The van der Waals surface area contributed by atoms with Crippen molar-refractivity contribution in [1.29, 1.82) is 0 Å². The van der Waals surface area contributed by atoms with Crippen LogP contribution in [0.1, 0.15) is 32.1 Å². The molecule has 6 heteroatoms. The van der Waals surface area contributed by atoms with Crippen molar-refractivity contribution in [3.05, 3.63) is 30.3 Å². The van der Waals surface area contributed by atoms with Gasteiger partial charge in [-0.1, -0.05) is 18.2 Å². The van der Waals surface area contributed by atoms with Gasteiger partial charge in [0, 0.05) is 18.7 Å². The molecule has 0 radical (unpaired) electrons. The summed E-state index contributed by atoms with van der Waals surface area (Å²) < 4.78 is 0. The van der Waals surface area contributed by atoms with Crippen molar-refractivity contribution in [3.8, 4) is 0 Å². The average molecular weight is 319 g/mol. The van der Waals surface area contributed by atoms with Gasteiger partial charge in [-0.25, -0.2) is 5.48 Å². The summed E-state index contributed by atoms with van der Waals surface area (Å²) in [6.45, 7) is 2.24. The third kappa shape index (κ3) is 6.38. The third-order valence-electron chi connectivity index (χ3n) is 4.17. The minimum absolute atomic E-state index is 0.0107. The smallest absolute Gasteiger partial charge is 0.243 e. The molecule has 2 amide bonds. The summed E-state index contributed by atoms with van der Waals surface area (Å²) in [5.41, 5.74) is 2.48. The number of piperidine rings is 1. The van der Waals surface area contributed by atoms with E-state index in [0.29, 0.717) is 18.9 Å². The van der Waals surface area contributed by atoms with E-state index < -0.39 is 0 Å². The summed E-state index contributed by atoms with van der Waals surface area (Å²) in [7, 11) is 0. The number of hydrogen-bond donors (Lipinski definition) is 3. The SMILES string of the molecule is O=C(CCCC1CCCN(CC(=O)Nc2ccccc2)C1)NO. The van der Waals surface area contributed by atoms with Gasteiger partial charge in [-0.15, -0.1) is 0 Å². The van der Waals surface area contributed by atoms with Gasteiger partial charge in [-0.3, -0.25) is 19.7 Å². The number of likely N-dealkylation sites (tertiary alicyclic amines) is 1. The number of carbonyl (C=O) groups excluding carboxylic acids is 2. The second kappa shape index (κ2) is 9.27. The topological polar surface area (TPSA) is 81.7 Å². The second-order valence-electron chi connectivity index (χ2n) is 6.08. The minimum Gasteiger partial charge on any atom is -0.325 e. The van der Waals surface area contributed by atoms with Gasteiger partial charge in [-0.2, -0.15) is 0 Å². The van der Waals surface area contributed by atoms with Crippen molar-refractivity contribution in [2.75, 3.05) is 25.0 Å². The number of nitrogens with one attached hydrogen (secondary N) is 2. The van der Waals surface area contributed by atoms with E-state index in [1.54, 1.807) is 5.48 Å². The van der Waals surface area contributed by atoms with Crippen molar-refractivity contribution in [2.24, 2.45) is 5.92 Å². The molecule has 3 N–H and O–H groups in total. The molecule has 126 valence electrons. The van der Waals surface area contributed by atoms with Crippen LogP contribution in [0.4, 0.5) is 5.69 Å². The Hall–Kier alpha value is -1.92. The van der Waals surface area contributed by atoms with Crippen molar-refractivity contribution >= 4 is 17.5 Å². The maximum Gasteiger partial charge on any atom is 0.243 e. The lowest BCUT2D eigenvalue weighted by Gasteiger charge is -2.32. The van der Waals surface area contributed by atoms with Crippen molar-refractivity contribution in [3.63, 3.8) is 0 Å². The molecule has 0 bridgehead atoms. The maximum atomic E-state index is 12.1. The molecular formula is C17H25N3O3. The number of benzene rings is 1. The van der Waals surface area contributed by atoms with E-state index in [0.717, 1.165) is 44.5 Å². The van der Waals surface area contributed by atoms with Crippen LogP contribution in [-0.4, -0.2) is 41.6 Å². The van der Waals surface area contributed by atoms with Crippen LogP contribution in [0, 0.1) is 5.92 Å². The number of hydroxylamine groups is 1. The molecule has 1 aromatic rings. The third-order valence-corrected chi connectivity index (χ3v) is 4.17. The Balaban J connectivity index is 1.71. The molecule has 1 aliphatic heterocycles. The highest BCUT2D eigenvalue weighted by molar-refractivity contribution is 5.92. The molecule has 1 saturated heterocycles. The van der Waals surface area contributed by atoms with E-state index in [1.165, 1.54) is 0 Å². The highest BCUT2D eigenvalue weighted by Crippen LogP contribution is 2.21. The van der Waals surface area contributed by atoms with Gasteiger partial charge in [0.05, 0.1) is 6.54 Å². The first-order valence-electron chi connectivity index (χ1n) is 8.17. The van der Waals surface area contributed by atoms with Crippen LogP contribution in [0.25, 0.3) is 0 Å². The molecule has 1 heterocycles. The summed E-state index contributed by atoms with van der Waals surface area (Å²) in [4.78, 5) is 25.3. The number of amides is 2. The lowest BCUT2D eigenvalue weighted by molar-refractivity contribution is -0.129. The van der Waals surface area contributed by atoms with Crippen LogP contribution in [0.2, 0.25) is 0 Å². The fourth-order valence-corrected chi connectivity index (χ4v) is 3.06. The minimum atomic E-state index is -0.333. The van der Waals surface area contributed by atoms with E-state index in [2.05, 4.69) is 10.2 Å². The predicted molar refractivity (Wildman–Crippen MR) is 88.0 cm³/mol. The van der Waals surface area contributed by atoms with Gasteiger partial charge < -0.3 is 5.32 Å². The van der Waals surface area contributed by atoms with Crippen molar-refractivity contribution < 1.29 is 14.8 Å². The number of rotatable bonds is 7. The first-order valence-corrected chi connectivity index (χ1v) is 8.17. The number of para-hydroxylation sites is 1. The van der Waals surface area contributed by atoms with Crippen LogP contribution in [0.3, 0.4) is 0 Å². The van der Waals surface area contributed by atoms with Crippen LogP contribution >= 0.6 is 0 Å². The van der Waals surface area contributed by atoms with Gasteiger partial charge in [0.15, 0.2) is 0 Å². The molecule has 2 rings (SSSR count). The van der Waals surface area contributed by atoms with Crippen molar-refractivity contribution in [2.45, 2.75) is 32.1 Å². The average Bonchev–Trinajstić information content (AvgIpc) is 2.56. The van der Waals surface area contributed by atoms with Crippen LogP contribution in [0.5, 0.6) is 0 Å². The van der Waals surface area contributed by atoms with Crippen LogP contribution in [0.15, 0.2) is 30.3 Å². The molecule has 0 spiro atoms. The Morgan fingerprint density at radius 2 is 2.00 bits per heavy atom. The maximum absolute atomic E-state index is 12.1. The summed E-state index contributed by atoms with van der Waals surface area (Å²) in [5, 5.41) is 11.4. The van der Waals surface area contributed by atoms with Gasteiger partial charge >= 0.3 is 0 Å². The Bertz CT molecular complexity index is 507. The van der Waals surface area contributed by atoms with E-state index in [-0.39, 0.29) is 11.8 Å². The largest absolute Gasteiger partial charge is 0.325 e. The Kier molecular flexibility index (Phi) is 7.03. The molecule has 0 aromatic heterocycles. The molecule has 1 aromatic carbocycles. The normalized spacial score (nSPS) is 18.4. The summed E-state index contributed by atoms with van der Waals surface area (Å²) >= 11 is 0. The zero-order valence-electron chi connectivity index (χ0n) is 13.3. The molecule has 1 fully saturated rings. The van der Waals surface area contributed by atoms with E-state index in [9.17, 15) is 9.59 Å². The molecule has 1 unspecified atom stereocenters. The number of carbonyl (C=O) groups is 2. The summed E-state index contributed by atoms with van der Waals surface area (Å²) in [6.07, 6.45) is 4.28. The van der Waals surface area contributed by atoms with Gasteiger partial charge in [0.2, 0.25) is 11.8 Å². The lowest BCUT2D eigenvalue weighted by Crippen LogP contribution is -2.40. The van der Waals surface area contributed by atoms with E-state index in [1.807, 2.05) is 30.3 Å². The Morgan fingerprint density at radius 1 is 1.22 bits per heavy atom. The van der Waals surface area contributed by atoms with Crippen molar-refractivity contribution in [1.82, 2.24) is 10.4 Å². The highest BCUT2D eigenvalue weighted by Gasteiger charge is 2.21. The molecule has 0 aliphatic carbocycles. The number of nitrogens with zero attached hydrogens (tertiary/aromatic N) is 1. The fourth-order valence-electron chi connectivity index (χ4n) is 3.06. The summed E-state index contributed by atoms with van der Waals surface area (Å²) in [6, 6.07) is 9.47. The first kappa shape index (κ1) is 17.4. The van der Waals surface area contributed by atoms with Gasteiger partial charge in [0.25, 0.3) is 0 Å². The molecular weight excluding hydrogens is 294 g/mol. The predicted octanol–water partition coefficient (Wildman–Crippen LogP) is 2.01.